The van der Waals surface area contributed by atoms with Crippen molar-refractivity contribution >= 4 is 17.5 Å². The van der Waals surface area contributed by atoms with Crippen molar-refractivity contribution in [2.24, 2.45) is 7.05 Å². The number of methoxy groups -OCH3 is 1. The first kappa shape index (κ1) is 16.1. The molecule has 0 bridgehead atoms. The minimum Gasteiger partial charge on any atom is -0.497 e. The summed E-state index contributed by atoms with van der Waals surface area (Å²) in [6.45, 7) is 0. The van der Waals surface area contributed by atoms with Gasteiger partial charge in [-0.3, -0.25) is 4.79 Å². The summed E-state index contributed by atoms with van der Waals surface area (Å²) in [5.74, 6) is 1.16. The van der Waals surface area contributed by atoms with Crippen molar-refractivity contribution in [1.29, 1.82) is 0 Å². The summed E-state index contributed by atoms with van der Waals surface area (Å²) in [7, 11) is 3.49. The van der Waals surface area contributed by atoms with Crippen LogP contribution in [-0.4, -0.2) is 27.6 Å². The number of halogens is 1. The van der Waals surface area contributed by atoms with Gasteiger partial charge in [-0.15, -0.1) is 0 Å². The monoisotopic (exact) mass is 344 g/mol. The molecule has 0 aliphatic rings. The molecule has 2 N–H and O–H groups in total. The standard InChI is InChI=1S/C17H17ClN4O2/c1-22-7-6-19-16(22)15(11-4-3-5-13(8-11)24-2)21-17(23)14-9-12(18)10-20-14/h3-10,15,20H,1-2H3,(H,21,23)/t15-/m0/s1. The Hall–Kier alpha value is -2.73. The Morgan fingerprint density at radius 1 is 1.42 bits per heavy atom. The van der Waals surface area contributed by atoms with Crippen LogP contribution < -0.4 is 10.1 Å². The molecule has 0 fully saturated rings. The van der Waals surface area contributed by atoms with Crippen molar-refractivity contribution in [2.75, 3.05) is 7.11 Å². The van der Waals surface area contributed by atoms with E-state index >= 15 is 0 Å². The maximum absolute atomic E-state index is 12.5. The van der Waals surface area contributed by atoms with Gasteiger partial charge < -0.3 is 19.6 Å². The third kappa shape index (κ3) is 3.28. The van der Waals surface area contributed by atoms with Gasteiger partial charge in [0, 0.05) is 25.6 Å². The molecule has 2 aromatic heterocycles. The van der Waals surface area contributed by atoms with E-state index in [2.05, 4.69) is 15.3 Å². The molecule has 3 rings (SSSR count). The first-order valence-corrected chi connectivity index (χ1v) is 7.72. The summed E-state index contributed by atoms with van der Waals surface area (Å²) >= 11 is 5.88. The van der Waals surface area contributed by atoms with Crippen LogP contribution >= 0.6 is 11.6 Å². The lowest BCUT2D eigenvalue weighted by atomic mass is 10.1. The molecule has 0 aliphatic heterocycles. The van der Waals surface area contributed by atoms with Crippen molar-refractivity contribution in [2.45, 2.75) is 6.04 Å². The predicted molar refractivity (Wildman–Crippen MR) is 91.3 cm³/mol. The molecule has 0 unspecified atom stereocenters. The molecule has 1 amide bonds. The van der Waals surface area contributed by atoms with Crippen LogP contribution in [0.15, 0.2) is 48.9 Å². The zero-order valence-corrected chi connectivity index (χ0v) is 14.0. The van der Waals surface area contributed by atoms with Crippen LogP contribution in [0.25, 0.3) is 0 Å². The number of nitrogens with zero attached hydrogens (tertiary/aromatic N) is 2. The zero-order valence-electron chi connectivity index (χ0n) is 13.3. The molecular formula is C17H17ClN4O2. The second-order valence-corrected chi connectivity index (χ2v) is 5.75. The fourth-order valence-electron chi connectivity index (χ4n) is 2.48. The minimum atomic E-state index is -0.422. The first-order chi connectivity index (χ1) is 11.6. The predicted octanol–water partition coefficient (Wildman–Crippen LogP) is 2.93. The maximum atomic E-state index is 12.5. The number of H-pyrrole nitrogens is 1. The molecule has 0 saturated carbocycles. The minimum absolute atomic E-state index is 0.266. The van der Waals surface area contributed by atoms with Crippen molar-refractivity contribution in [3.8, 4) is 5.75 Å². The van der Waals surface area contributed by atoms with E-state index in [-0.39, 0.29) is 5.91 Å². The summed E-state index contributed by atoms with van der Waals surface area (Å²) in [6, 6.07) is 8.69. The molecule has 0 aliphatic carbocycles. The zero-order chi connectivity index (χ0) is 17.1. The van der Waals surface area contributed by atoms with Gasteiger partial charge in [0.05, 0.1) is 12.1 Å². The quantitative estimate of drug-likeness (QED) is 0.747. The van der Waals surface area contributed by atoms with Gasteiger partial charge in [0.2, 0.25) is 0 Å². The van der Waals surface area contributed by atoms with Gasteiger partial charge in [0.15, 0.2) is 0 Å². The number of imidazole rings is 1. The maximum Gasteiger partial charge on any atom is 0.268 e. The molecule has 124 valence electrons. The number of aryl methyl sites for hydroxylation is 1. The van der Waals surface area contributed by atoms with Crippen molar-refractivity contribution in [3.05, 3.63) is 71.0 Å². The van der Waals surface area contributed by atoms with Gasteiger partial charge >= 0.3 is 0 Å². The lowest BCUT2D eigenvalue weighted by molar-refractivity contribution is 0.0936. The number of carbonyl (C=O) groups excluding carboxylic acids is 1. The Bertz CT molecular complexity index is 856. The van der Waals surface area contributed by atoms with Crippen molar-refractivity contribution in [3.63, 3.8) is 0 Å². The molecule has 6 nitrogen and oxygen atoms in total. The molecule has 7 heteroatoms. The van der Waals surface area contributed by atoms with Crippen LogP contribution in [-0.2, 0) is 7.05 Å². The Kier molecular flexibility index (Phi) is 4.57. The number of ether oxygens (including phenoxy) is 1. The third-order valence-corrected chi connectivity index (χ3v) is 3.93. The van der Waals surface area contributed by atoms with Gasteiger partial charge in [-0.2, -0.15) is 0 Å². The van der Waals surface area contributed by atoms with Gasteiger partial charge in [-0.1, -0.05) is 23.7 Å². The second-order valence-electron chi connectivity index (χ2n) is 5.31. The van der Waals surface area contributed by atoms with E-state index in [1.807, 2.05) is 42.1 Å². The molecule has 0 radical (unpaired) electrons. The highest BCUT2D eigenvalue weighted by Crippen LogP contribution is 2.24. The number of aromatic nitrogens is 3. The fraction of sp³-hybridized carbons (Fsp3) is 0.176. The van der Waals surface area contributed by atoms with Crippen LogP contribution in [0.3, 0.4) is 0 Å². The van der Waals surface area contributed by atoms with Crippen LogP contribution in [0.1, 0.15) is 27.9 Å². The number of carbonyl (C=O) groups is 1. The molecular weight excluding hydrogens is 328 g/mol. The van der Waals surface area contributed by atoms with Gasteiger partial charge in [0.1, 0.15) is 23.3 Å². The number of amides is 1. The van der Waals surface area contributed by atoms with Gasteiger partial charge in [-0.25, -0.2) is 4.98 Å². The first-order valence-electron chi connectivity index (χ1n) is 7.34. The molecule has 0 saturated heterocycles. The largest absolute Gasteiger partial charge is 0.497 e. The number of benzene rings is 1. The SMILES string of the molecule is COc1cccc([C@H](NC(=O)c2cc(Cl)c[nH]2)c2nccn2C)c1. The Labute approximate surface area is 144 Å². The topological polar surface area (TPSA) is 71.9 Å². The van der Waals surface area contributed by atoms with Gasteiger partial charge in [0.25, 0.3) is 5.91 Å². The van der Waals surface area contributed by atoms with E-state index in [4.69, 9.17) is 16.3 Å². The fourth-order valence-corrected chi connectivity index (χ4v) is 2.64. The summed E-state index contributed by atoms with van der Waals surface area (Å²) in [4.78, 5) is 19.8. The third-order valence-electron chi connectivity index (χ3n) is 3.71. The smallest absolute Gasteiger partial charge is 0.268 e. The van der Waals surface area contributed by atoms with Crippen LogP contribution in [0, 0.1) is 0 Å². The molecule has 24 heavy (non-hydrogen) atoms. The molecule has 1 aromatic carbocycles. The van der Waals surface area contributed by atoms with E-state index < -0.39 is 6.04 Å². The Balaban J connectivity index is 1.96. The van der Waals surface area contributed by atoms with E-state index in [9.17, 15) is 4.79 Å². The van der Waals surface area contributed by atoms with Crippen molar-refractivity contribution in [1.82, 2.24) is 19.9 Å². The highest BCUT2D eigenvalue weighted by molar-refractivity contribution is 6.30. The highest BCUT2D eigenvalue weighted by atomic mass is 35.5. The second kappa shape index (κ2) is 6.80. The molecule has 2 heterocycles. The number of aromatic amines is 1. The van der Waals surface area contributed by atoms with E-state index in [0.29, 0.717) is 22.3 Å². The Morgan fingerprint density at radius 2 is 2.25 bits per heavy atom. The lowest BCUT2D eigenvalue weighted by Gasteiger charge is -2.19. The number of rotatable bonds is 5. The van der Waals surface area contributed by atoms with Crippen LogP contribution in [0.4, 0.5) is 0 Å². The highest BCUT2D eigenvalue weighted by Gasteiger charge is 2.22. The molecule has 1 atom stereocenters. The Morgan fingerprint density at radius 3 is 2.88 bits per heavy atom. The average Bonchev–Trinajstić information content (AvgIpc) is 3.21. The average molecular weight is 345 g/mol. The number of nitrogens with one attached hydrogen (secondary N) is 2. The summed E-state index contributed by atoms with van der Waals surface area (Å²) in [6.07, 6.45) is 5.10. The molecule has 3 aromatic rings. The molecule has 0 spiro atoms. The van der Waals surface area contributed by atoms with E-state index in [1.54, 1.807) is 25.6 Å². The lowest BCUT2D eigenvalue weighted by Crippen LogP contribution is -2.31. The van der Waals surface area contributed by atoms with E-state index in [0.717, 1.165) is 5.56 Å². The number of hydrogen-bond donors (Lipinski definition) is 2. The van der Waals surface area contributed by atoms with Crippen LogP contribution in [0.5, 0.6) is 5.75 Å². The summed E-state index contributed by atoms with van der Waals surface area (Å²) in [5.41, 5.74) is 1.26. The van der Waals surface area contributed by atoms with Crippen LogP contribution in [0.2, 0.25) is 5.02 Å². The summed E-state index contributed by atoms with van der Waals surface area (Å²) < 4.78 is 7.15. The number of hydrogen-bond acceptors (Lipinski definition) is 3. The normalized spacial score (nSPS) is 12.0. The van der Waals surface area contributed by atoms with Gasteiger partial charge in [-0.05, 0) is 23.8 Å². The summed E-state index contributed by atoms with van der Waals surface area (Å²) in [5, 5.41) is 3.47. The van der Waals surface area contributed by atoms with E-state index in [1.165, 1.54) is 0 Å². The van der Waals surface area contributed by atoms with Crippen molar-refractivity contribution < 1.29 is 9.53 Å².